The molecule has 0 aromatic heterocycles. The van der Waals surface area contributed by atoms with E-state index in [-0.39, 0.29) is 16.6 Å². The quantitative estimate of drug-likeness (QED) is 0.365. The molecule has 0 bridgehead atoms. The highest BCUT2D eigenvalue weighted by molar-refractivity contribution is 8.04. The maximum atomic E-state index is 13.0. The first kappa shape index (κ1) is 21.8. The summed E-state index contributed by atoms with van der Waals surface area (Å²) in [5.74, 6) is -0.581. The van der Waals surface area contributed by atoms with Crippen LogP contribution in [0.4, 0.5) is 11.4 Å². The molecular formula is C22H16Cl2N2O3S2. The van der Waals surface area contributed by atoms with E-state index < -0.39 is 9.84 Å². The van der Waals surface area contributed by atoms with Crippen molar-refractivity contribution in [1.82, 2.24) is 0 Å². The van der Waals surface area contributed by atoms with Crippen LogP contribution in [0.3, 0.4) is 0 Å². The normalized spacial score (nSPS) is 14.9. The van der Waals surface area contributed by atoms with Crippen molar-refractivity contribution < 1.29 is 13.2 Å². The van der Waals surface area contributed by atoms with Gasteiger partial charge in [0, 0.05) is 26.2 Å². The van der Waals surface area contributed by atoms with Gasteiger partial charge in [-0.15, -0.1) is 0 Å². The van der Waals surface area contributed by atoms with Gasteiger partial charge in [-0.2, -0.15) is 0 Å². The highest BCUT2D eigenvalue weighted by Gasteiger charge is 2.25. The number of hydrogen-bond donors (Lipinski definition) is 2. The first-order valence-electron chi connectivity index (χ1n) is 9.09. The first-order chi connectivity index (χ1) is 14.7. The number of carbonyl (C=O) groups excluding carboxylic acids is 1. The van der Waals surface area contributed by atoms with Gasteiger partial charge in [-0.1, -0.05) is 53.2 Å². The summed E-state index contributed by atoms with van der Waals surface area (Å²) in [4.78, 5) is 13.7. The first-order valence-corrected chi connectivity index (χ1v) is 12.3. The van der Waals surface area contributed by atoms with Crippen LogP contribution < -0.4 is 11.1 Å². The van der Waals surface area contributed by atoms with E-state index in [0.717, 1.165) is 5.56 Å². The Labute approximate surface area is 194 Å². The maximum Gasteiger partial charge on any atom is 0.262 e. The molecule has 1 heterocycles. The standard InChI is InChI=1S/C22H16Cl2N2O3S2/c23-17-2-1-3-18(24)16(17)12-31(28,29)15-8-9-19-20(11-15)30-21(22(27)26-19)10-13-4-6-14(25)7-5-13/h1-11H,12,25H2,(H,26,27)/b21-10-. The van der Waals surface area contributed by atoms with Crippen molar-refractivity contribution in [3.05, 3.63) is 86.7 Å². The molecule has 0 atom stereocenters. The van der Waals surface area contributed by atoms with Crippen LogP contribution in [0.25, 0.3) is 6.08 Å². The second-order valence-corrected chi connectivity index (χ2v) is 10.7. The van der Waals surface area contributed by atoms with E-state index in [9.17, 15) is 13.2 Å². The highest BCUT2D eigenvalue weighted by atomic mass is 35.5. The number of benzene rings is 3. The molecule has 0 saturated heterocycles. The molecule has 0 fully saturated rings. The SMILES string of the molecule is Nc1ccc(/C=C2\Sc3cc(S(=O)(=O)Cc4c(Cl)cccc4Cl)ccc3NC2=O)cc1. The summed E-state index contributed by atoms with van der Waals surface area (Å²) in [6.45, 7) is 0. The lowest BCUT2D eigenvalue weighted by Crippen LogP contribution is -2.17. The molecule has 1 aliphatic rings. The van der Waals surface area contributed by atoms with E-state index in [1.54, 1.807) is 60.7 Å². The molecule has 3 N–H and O–H groups in total. The molecule has 0 saturated carbocycles. The van der Waals surface area contributed by atoms with E-state index in [1.807, 2.05) is 0 Å². The highest BCUT2D eigenvalue weighted by Crippen LogP contribution is 2.40. The monoisotopic (exact) mass is 490 g/mol. The predicted octanol–water partition coefficient (Wildman–Crippen LogP) is 5.63. The number of nitrogen functional groups attached to an aromatic ring is 1. The van der Waals surface area contributed by atoms with Gasteiger partial charge in [-0.25, -0.2) is 8.42 Å². The van der Waals surface area contributed by atoms with Crippen LogP contribution in [0.1, 0.15) is 11.1 Å². The molecule has 5 nitrogen and oxygen atoms in total. The minimum atomic E-state index is -3.71. The summed E-state index contributed by atoms with van der Waals surface area (Å²) < 4.78 is 26.0. The molecule has 4 rings (SSSR count). The summed E-state index contributed by atoms with van der Waals surface area (Å²) in [6, 6.07) is 16.6. The van der Waals surface area contributed by atoms with E-state index in [1.165, 1.54) is 17.8 Å². The van der Waals surface area contributed by atoms with E-state index in [0.29, 0.717) is 36.8 Å². The Balaban J connectivity index is 1.65. The number of nitrogens with one attached hydrogen (secondary N) is 1. The summed E-state index contributed by atoms with van der Waals surface area (Å²) in [6.07, 6.45) is 1.73. The number of thioether (sulfide) groups is 1. The molecule has 0 aliphatic carbocycles. The van der Waals surface area contributed by atoms with Crippen LogP contribution in [0.15, 0.2) is 75.4 Å². The number of amides is 1. The zero-order valence-electron chi connectivity index (χ0n) is 15.9. The van der Waals surface area contributed by atoms with Crippen LogP contribution in [0.5, 0.6) is 0 Å². The second kappa shape index (κ2) is 8.59. The third kappa shape index (κ3) is 4.75. The van der Waals surface area contributed by atoms with Crippen molar-refractivity contribution in [2.24, 2.45) is 0 Å². The van der Waals surface area contributed by atoms with Gasteiger partial charge in [0.1, 0.15) is 0 Å². The number of hydrogen-bond acceptors (Lipinski definition) is 5. The van der Waals surface area contributed by atoms with E-state index in [4.69, 9.17) is 28.9 Å². The molecule has 0 radical (unpaired) electrons. The van der Waals surface area contributed by atoms with Gasteiger partial charge >= 0.3 is 0 Å². The van der Waals surface area contributed by atoms with Crippen molar-refractivity contribution >= 4 is 68.2 Å². The molecule has 9 heteroatoms. The number of sulfone groups is 1. The van der Waals surface area contributed by atoms with Crippen molar-refractivity contribution in [2.75, 3.05) is 11.1 Å². The summed E-state index contributed by atoms with van der Waals surface area (Å²) in [5.41, 5.74) is 8.05. The van der Waals surface area contributed by atoms with Gasteiger partial charge in [0.05, 0.1) is 21.2 Å². The van der Waals surface area contributed by atoms with Crippen LogP contribution in [0.2, 0.25) is 10.0 Å². The van der Waals surface area contributed by atoms with Crippen LogP contribution in [0, 0.1) is 0 Å². The Morgan fingerprint density at radius 3 is 2.35 bits per heavy atom. The largest absolute Gasteiger partial charge is 0.399 e. The topological polar surface area (TPSA) is 89.3 Å². The number of carbonyl (C=O) groups is 1. The van der Waals surface area contributed by atoms with Crippen LogP contribution >= 0.6 is 35.0 Å². The molecule has 3 aromatic carbocycles. The molecule has 31 heavy (non-hydrogen) atoms. The van der Waals surface area contributed by atoms with Crippen LogP contribution in [-0.4, -0.2) is 14.3 Å². The minimum Gasteiger partial charge on any atom is -0.399 e. The lowest BCUT2D eigenvalue weighted by molar-refractivity contribution is -0.112. The smallest absolute Gasteiger partial charge is 0.262 e. The van der Waals surface area contributed by atoms with Gasteiger partial charge in [0.25, 0.3) is 5.91 Å². The maximum absolute atomic E-state index is 13.0. The summed E-state index contributed by atoms with van der Waals surface area (Å²) in [5, 5.41) is 3.39. The number of halogens is 2. The predicted molar refractivity (Wildman–Crippen MR) is 127 cm³/mol. The Kier molecular flexibility index (Phi) is 6.03. The van der Waals surface area contributed by atoms with Crippen molar-refractivity contribution in [1.29, 1.82) is 0 Å². The average molecular weight is 491 g/mol. The third-order valence-corrected chi connectivity index (χ3v) is 8.06. The van der Waals surface area contributed by atoms with Gasteiger partial charge in [-0.05, 0) is 54.1 Å². The molecular weight excluding hydrogens is 475 g/mol. The van der Waals surface area contributed by atoms with Crippen molar-refractivity contribution in [3.63, 3.8) is 0 Å². The van der Waals surface area contributed by atoms with Gasteiger partial charge in [-0.3, -0.25) is 4.79 Å². The fourth-order valence-electron chi connectivity index (χ4n) is 3.01. The molecule has 1 aliphatic heterocycles. The average Bonchev–Trinajstić information content (AvgIpc) is 2.73. The number of nitrogens with two attached hydrogens (primary N) is 1. The lowest BCUT2D eigenvalue weighted by atomic mass is 10.2. The number of rotatable bonds is 4. The summed E-state index contributed by atoms with van der Waals surface area (Å²) in [7, 11) is -3.71. The fourth-order valence-corrected chi connectivity index (χ4v) is 6.20. The number of anilines is 2. The van der Waals surface area contributed by atoms with Gasteiger partial charge in [0.2, 0.25) is 0 Å². The second-order valence-electron chi connectivity index (χ2n) is 6.85. The van der Waals surface area contributed by atoms with Gasteiger partial charge in [0.15, 0.2) is 9.84 Å². The van der Waals surface area contributed by atoms with Crippen molar-refractivity contribution in [2.45, 2.75) is 15.5 Å². The van der Waals surface area contributed by atoms with Crippen molar-refractivity contribution in [3.8, 4) is 0 Å². The minimum absolute atomic E-state index is 0.123. The third-order valence-electron chi connectivity index (χ3n) is 4.63. The van der Waals surface area contributed by atoms with E-state index >= 15 is 0 Å². The molecule has 3 aromatic rings. The Morgan fingerprint density at radius 2 is 1.68 bits per heavy atom. The molecule has 1 amide bonds. The Bertz CT molecular complexity index is 1300. The zero-order chi connectivity index (χ0) is 22.2. The van der Waals surface area contributed by atoms with Crippen LogP contribution in [-0.2, 0) is 20.4 Å². The molecule has 158 valence electrons. The lowest BCUT2D eigenvalue weighted by Gasteiger charge is -2.19. The Morgan fingerprint density at radius 1 is 1.00 bits per heavy atom. The molecule has 0 spiro atoms. The fraction of sp³-hybridized carbons (Fsp3) is 0.0455. The molecule has 0 unspecified atom stereocenters. The van der Waals surface area contributed by atoms with E-state index in [2.05, 4.69) is 5.32 Å². The summed E-state index contributed by atoms with van der Waals surface area (Å²) >= 11 is 13.5. The number of fused-ring (bicyclic) bond motifs is 1. The Hall–Kier alpha value is -2.45. The zero-order valence-corrected chi connectivity index (χ0v) is 19.1. The van der Waals surface area contributed by atoms with Gasteiger partial charge < -0.3 is 11.1 Å².